The lowest BCUT2D eigenvalue weighted by Crippen LogP contribution is -2.48. The molecule has 0 aliphatic heterocycles. The fourth-order valence-corrected chi connectivity index (χ4v) is 0.721. The molecule has 0 aromatic carbocycles. The van der Waals surface area contributed by atoms with E-state index in [4.69, 9.17) is 5.73 Å². The zero-order valence-electron chi connectivity index (χ0n) is 9.97. The number of rotatable bonds is 6. The van der Waals surface area contributed by atoms with Gasteiger partial charge < -0.3 is 15.8 Å². The van der Waals surface area contributed by atoms with Crippen LogP contribution in [0.5, 0.6) is 0 Å². The van der Waals surface area contributed by atoms with E-state index >= 15 is 0 Å². The summed E-state index contributed by atoms with van der Waals surface area (Å²) in [5, 5.41) is 2.37. The summed E-state index contributed by atoms with van der Waals surface area (Å²) in [5.41, 5.74) is 4.62. The summed E-state index contributed by atoms with van der Waals surface area (Å²) in [6.45, 7) is 8.71. The molecule has 92 valence electrons. The molecular weight excluding hydrogens is 211 g/mol. The van der Waals surface area contributed by atoms with E-state index in [9.17, 15) is 9.18 Å². The molecule has 0 aliphatic rings. The van der Waals surface area contributed by atoms with E-state index in [1.54, 1.807) is 13.8 Å². The molecule has 0 atom stereocenters. The lowest BCUT2D eigenvalue weighted by molar-refractivity contribution is -0.124. The number of carbonyl (C=O) groups is 1. The van der Waals surface area contributed by atoms with Gasteiger partial charge in [0.25, 0.3) is 6.01 Å². The molecule has 16 heavy (non-hydrogen) atoms. The third kappa shape index (κ3) is 6.19. The van der Waals surface area contributed by atoms with Gasteiger partial charge >= 0.3 is 0 Å². The first-order valence-corrected chi connectivity index (χ1v) is 5.06. The van der Waals surface area contributed by atoms with E-state index in [-0.39, 0.29) is 12.3 Å². The van der Waals surface area contributed by atoms with Gasteiger partial charge in [-0.25, -0.2) is 0 Å². The molecule has 0 radical (unpaired) electrons. The number of nitrogens with one attached hydrogen (secondary N) is 1. The van der Waals surface area contributed by atoms with Crippen molar-refractivity contribution in [3.63, 3.8) is 0 Å². The number of amides is 1. The largest absolute Gasteiger partial charge is 0.471 e. The van der Waals surface area contributed by atoms with Crippen LogP contribution in [0.2, 0.25) is 0 Å². The standard InChI is InChI=1S/C11H19FN2O2/c1-5-6-16-9(12)7-8(2)14-10(15)11(3,4)13/h7H,2,5-6,13H2,1,3-4H3,(H,14,15)/b9-7-. The summed E-state index contributed by atoms with van der Waals surface area (Å²) in [4.78, 5) is 11.4. The Balaban J connectivity index is 4.23. The van der Waals surface area contributed by atoms with Gasteiger partial charge in [-0.3, -0.25) is 4.79 Å². The molecule has 1 amide bonds. The summed E-state index contributed by atoms with van der Waals surface area (Å²) >= 11 is 0. The quantitative estimate of drug-likeness (QED) is 0.538. The lowest BCUT2D eigenvalue weighted by atomic mass is 10.1. The number of halogens is 1. The molecule has 5 heteroatoms. The van der Waals surface area contributed by atoms with Crippen LogP contribution in [0, 0.1) is 0 Å². The van der Waals surface area contributed by atoms with E-state index in [2.05, 4.69) is 16.6 Å². The second-order valence-electron chi connectivity index (χ2n) is 4.00. The van der Waals surface area contributed by atoms with Gasteiger partial charge in [-0.1, -0.05) is 13.5 Å². The fourth-order valence-electron chi connectivity index (χ4n) is 0.721. The minimum absolute atomic E-state index is 0.108. The second-order valence-corrected chi connectivity index (χ2v) is 4.00. The highest BCUT2D eigenvalue weighted by molar-refractivity contribution is 5.86. The van der Waals surface area contributed by atoms with Crippen LogP contribution in [0.4, 0.5) is 4.39 Å². The molecule has 0 heterocycles. The molecule has 0 aromatic rings. The SMILES string of the molecule is C=C(/C=C(/F)OCCC)NC(=O)C(C)(C)N. The Bertz CT molecular complexity index is 293. The van der Waals surface area contributed by atoms with Crippen molar-refractivity contribution in [2.75, 3.05) is 6.61 Å². The molecule has 3 N–H and O–H groups in total. The number of ether oxygens (including phenoxy) is 1. The molecule has 0 spiro atoms. The van der Waals surface area contributed by atoms with Crippen LogP contribution in [-0.2, 0) is 9.53 Å². The van der Waals surface area contributed by atoms with Gasteiger partial charge in [-0.2, -0.15) is 4.39 Å². The molecule has 0 saturated carbocycles. The highest BCUT2D eigenvalue weighted by Crippen LogP contribution is 2.04. The van der Waals surface area contributed by atoms with Gasteiger partial charge in [0.05, 0.1) is 12.1 Å². The predicted octanol–water partition coefficient (Wildman–Crippen LogP) is 1.59. The maximum Gasteiger partial charge on any atom is 0.274 e. The third-order valence-corrected chi connectivity index (χ3v) is 1.59. The van der Waals surface area contributed by atoms with Gasteiger partial charge in [0.1, 0.15) is 0 Å². The zero-order chi connectivity index (χ0) is 12.8. The summed E-state index contributed by atoms with van der Waals surface area (Å²) < 4.78 is 17.7. The minimum atomic E-state index is -1.03. The number of allylic oxidation sites excluding steroid dienone is 1. The van der Waals surface area contributed by atoms with Crippen molar-refractivity contribution in [3.05, 3.63) is 24.4 Å². The number of hydrogen-bond donors (Lipinski definition) is 2. The van der Waals surface area contributed by atoms with E-state index in [0.717, 1.165) is 6.08 Å². The molecule has 0 saturated heterocycles. The van der Waals surface area contributed by atoms with Crippen molar-refractivity contribution < 1.29 is 13.9 Å². The highest BCUT2D eigenvalue weighted by Gasteiger charge is 2.21. The molecule has 4 nitrogen and oxygen atoms in total. The van der Waals surface area contributed by atoms with E-state index in [0.29, 0.717) is 6.42 Å². The highest BCUT2D eigenvalue weighted by atomic mass is 19.1. The van der Waals surface area contributed by atoms with Crippen LogP contribution in [0.15, 0.2) is 24.4 Å². The Morgan fingerprint density at radius 1 is 1.62 bits per heavy atom. The molecule has 0 rings (SSSR count). The Hall–Kier alpha value is -1.36. The van der Waals surface area contributed by atoms with Crippen molar-refractivity contribution in [1.29, 1.82) is 0 Å². The Labute approximate surface area is 95.3 Å². The van der Waals surface area contributed by atoms with Crippen LogP contribution in [0.1, 0.15) is 27.2 Å². The van der Waals surface area contributed by atoms with Gasteiger partial charge in [-0.05, 0) is 20.3 Å². The van der Waals surface area contributed by atoms with Crippen LogP contribution in [-0.4, -0.2) is 18.1 Å². The summed E-state index contributed by atoms with van der Waals surface area (Å²) in [5.74, 6) is -0.433. The van der Waals surface area contributed by atoms with Crippen molar-refractivity contribution in [3.8, 4) is 0 Å². The van der Waals surface area contributed by atoms with Crippen molar-refractivity contribution >= 4 is 5.91 Å². The van der Waals surface area contributed by atoms with Gasteiger partial charge in [0, 0.05) is 11.8 Å². The van der Waals surface area contributed by atoms with E-state index in [1.807, 2.05) is 6.92 Å². The molecule has 0 aliphatic carbocycles. The number of nitrogens with two attached hydrogens (primary N) is 1. The minimum Gasteiger partial charge on any atom is -0.471 e. The molecule has 0 unspecified atom stereocenters. The average molecular weight is 230 g/mol. The van der Waals surface area contributed by atoms with E-state index in [1.165, 1.54) is 0 Å². The van der Waals surface area contributed by atoms with Crippen molar-refractivity contribution in [2.45, 2.75) is 32.7 Å². The molecule has 0 fully saturated rings. The van der Waals surface area contributed by atoms with Crippen molar-refractivity contribution in [2.24, 2.45) is 5.73 Å². The first kappa shape index (κ1) is 14.6. The fraction of sp³-hybridized carbons (Fsp3) is 0.545. The monoisotopic (exact) mass is 230 g/mol. The van der Waals surface area contributed by atoms with Gasteiger partial charge in [0.2, 0.25) is 5.91 Å². The second kappa shape index (κ2) is 6.27. The number of hydrogen-bond acceptors (Lipinski definition) is 3. The molecule has 0 aromatic heterocycles. The molecule has 0 bridgehead atoms. The van der Waals surface area contributed by atoms with Gasteiger partial charge in [-0.15, -0.1) is 0 Å². The molecular formula is C11H19FN2O2. The first-order chi connectivity index (χ1) is 7.27. The smallest absolute Gasteiger partial charge is 0.274 e. The first-order valence-electron chi connectivity index (χ1n) is 5.06. The maximum atomic E-state index is 13.0. The Morgan fingerprint density at radius 3 is 2.62 bits per heavy atom. The van der Waals surface area contributed by atoms with Crippen LogP contribution in [0.3, 0.4) is 0 Å². The van der Waals surface area contributed by atoms with E-state index < -0.39 is 17.5 Å². The normalized spacial score (nSPS) is 12.2. The summed E-state index contributed by atoms with van der Waals surface area (Å²) in [6, 6.07) is -0.776. The van der Waals surface area contributed by atoms with Crippen LogP contribution >= 0.6 is 0 Å². The van der Waals surface area contributed by atoms with Crippen molar-refractivity contribution in [1.82, 2.24) is 5.32 Å². The summed E-state index contributed by atoms with van der Waals surface area (Å²) in [6.07, 6.45) is 1.72. The predicted molar refractivity (Wildman–Crippen MR) is 61.0 cm³/mol. The average Bonchev–Trinajstić information content (AvgIpc) is 2.12. The number of carbonyl (C=O) groups excluding carboxylic acids is 1. The summed E-state index contributed by atoms with van der Waals surface area (Å²) in [7, 11) is 0. The third-order valence-electron chi connectivity index (χ3n) is 1.59. The van der Waals surface area contributed by atoms with Crippen LogP contribution in [0.25, 0.3) is 0 Å². The van der Waals surface area contributed by atoms with Crippen LogP contribution < -0.4 is 11.1 Å². The maximum absolute atomic E-state index is 13.0. The Morgan fingerprint density at radius 2 is 2.19 bits per heavy atom. The topological polar surface area (TPSA) is 64.3 Å². The van der Waals surface area contributed by atoms with Gasteiger partial charge in [0.15, 0.2) is 0 Å². The Kier molecular flexibility index (Phi) is 5.74. The lowest BCUT2D eigenvalue weighted by Gasteiger charge is -2.17. The zero-order valence-corrected chi connectivity index (χ0v) is 9.97.